The number of nitriles is 1. The lowest BCUT2D eigenvalue weighted by Crippen LogP contribution is -2.03. The molecule has 4 nitrogen and oxygen atoms in total. The van der Waals surface area contributed by atoms with Gasteiger partial charge in [0.15, 0.2) is 0 Å². The molecule has 0 saturated carbocycles. The van der Waals surface area contributed by atoms with Gasteiger partial charge in [0.2, 0.25) is 0 Å². The second-order valence-electron chi connectivity index (χ2n) is 3.96. The van der Waals surface area contributed by atoms with Crippen molar-refractivity contribution in [1.82, 2.24) is 4.98 Å². The molecule has 0 aliphatic heterocycles. The molecule has 2 aromatic rings. The molecule has 0 radical (unpaired) electrons. The maximum Gasteiger partial charge on any atom is 0.146 e. The Morgan fingerprint density at radius 2 is 2.11 bits per heavy atom. The number of halogens is 1. The Morgan fingerprint density at radius 3 is 2.84 bits per heavy atom. The van der Waals surface area contributed by atoms with Crippen LogP contribution in [0.25, 0.3) is 0 Å². The van der Waals surface area contributed by atoms with Crippen LogP contribution in [0.4, 0.5) is 5.82 Å². The molecule has 0 atom stereocenters. The van der Waals surface area contributed by atoms with Gasteiger partial charge in [0.1, 0.15) is 16.9 Å². The first-order valence-electron chi connectivity index (χ1n) is 5.71. The highest BCUT2D eigenvalue weighted by Crippen LogP contribution is 2.23. The van der Waals surface area contributed by atoms with Gasteiger partial charge in [-0.05, 0) is 17.2 Å². The topological polar surface area (TPSA) is 68.9 Å². The molecular formula is C14H12ClN3O. The Morgan fingerprint density at radius 1 is 1.32 bits per heavy atom. The van der Waals surface area contributed by atoms with Gasteiger partial charge in [0.25, 0.3) is 0 Å². The monoisotopic (exact) mass is 273 g/mol. The number of pyridine rings is 1. The molecule has 0 spiro atoms. The molecule has 0 amide bonds. The van der Waals surface area contributed by atoms with Gasteiger partial charge in [-0.3, -0.25) is 0 Å². The summed E-state index contributed by atoms with van der Waals surface area (Å²) >= 11 is 6.05. The van der Waals surface area contributed by atoms with Crippen LogP contribution in [0.1, 0.15) is 16.7 Å². The Labute approximate surface area is 116 Å². The highest BCUT2D eigenvalue weighted by atomic mass is 35.5. The van der Waals surface area contributed by atoms with Crippen molar-refractivity contribution in [2.75, 3.05) is 5.32 Å². The molecule has 2 N–H and O–H groups in total. The normalized spacial score (nSPS) is 9.95. The maximum atomic E-state index is 9.07. The molecule has 96 valence electrons. The second kappa shape index (κ2) is 6.19. The van der Waals surface area contributed by atoms with E-state index in [1.165, 1.54) is 6.20 Å². The van der Waals surface area contributed by atoms with Gasteiger partial charge in [-0.2, -0.15) is 5.26 Å². The summed E-state index contributed by atoms with van der Waals surface area (Å²) in [5, 5.41) is 21.4. The number of aromatic nitrogens is 1. The molecule has 1 aromatic carbocycles. The molecular weight excluding hydrogens is 262 g/mol. The second-order valence-corrected chi connectivity index (χ2v) is 4.34. The molecule has 0 saturated heterocycles. The van der Waals surface area contributed by atoms with Crippen LogP contribution in [-0.4, -0.2) is 10.1 Å². The molecule has 19 heavy (non-hydrogen) atoms. The van der Waals surface area contributed by atoms with Gasteiger partial charge in [-0.15, -0.1) is 0 Å². The average Bonchev–Trinajstić information content (AvgIpc) is 2.46. The van der Waals surface area contributed by atoms with E-state index in [4.69, 9.17) is 22.0 Å². The predicted octanol–water partition coefficient (Wildman–Crippen LogP) is 2.71. The van der Waals surface area contributed by atoms with Gasteiger partial charge < -0.3 is 10.4 Å². The van der Waals surface area contributed by atoms with Crippen LogP contribution in [0.3, 0.4) is 0 Å². The predicted molar refractivity (Wildman–Crippen MR) is 73.7 cm³/mol. The fourth-order valence-electron chi connectivity index (χ4n) is 1.68. The number of anilines is 1. The van der Waals surface area contributed by atoms with E-state index in [9.17, 15) is 0 Å². The maximum absolute atomic E-state index is 9.07. The number of rotatable bonds is 4. The van der Waals surface area contributed by atoms with E-state index in [0.717, 1.165) is 11.1 Å². The molecule has 0 fully saturated rings. The first-order valence-corrected chi connectivity index (χ1v) is 6.09. The van der Waals surface area contributed by atoms with Crippen LogP contribution < -0.4 is 5.32 Å². The highest BCUT2D eigenvalue weighted by Gasteiger charge is 2.06. The fraction of sp³-hybridized carbons (Fsp3) is 0.143. The van der Waals surface area contributed by atoms with Crippen molar-refractivity contribution in [2.24, 2.45) is 0 Å². The molecule has 5 heteroatoms. The zero-order valence-corrected chi connectivity index (χ0v) is 10.9. The first kappa shape index (κ1) is 13.3. The third kappa shape index (κ3) is 3.22. The van der Waals surface area contributed by atoms with E-state index < -0.39 is 0 Å². The van der Waals surface area contributed by atoms with Crippen LogP contribution in [0, 0.1) is 11.3 Å². The first-order chi connectivity index (χ1) is 9.24. The van der Waals surface area contributed by atoms with Crippen LogP contribution in [-0.2, 0) is 13.2 Å². The number of nitrogens with one attached hydrogen (secondary N) is 1. The van der Waals surface area contributed by atoms with E-state index in [0.29, 0.717) is 22.9 Å². The lowest BCUT2D eigenvalue weighted by Gasteiger charge is -2.08. The third-order valence-electron chi connectivity index (χ3n) is 2.64. The van der Waals surface area contributed by atoms with E-state index in [2.05, 4.69) is 10.3 Å². The van der Waals surface area contributed by atoms with Crippen LogP contribution in [0.15, 0.2) is 36.5 Å². The third-order valence-corrected chi connectivity index (χ3v) is 3.03. The van der Waals surface area contributed by atoms with Crippen molar-refractivity contribution in [3.63, 3.8) is 0 Å². The number of nitrogens with zero attached hydrogens (tertiary/aromatic N) is 2. The van der Waals surface area contributed by atoms with Crippen LogP contribution in [0.5, 0.6) is 0 Å². The molecule has 0 unspecified atom stereocenters. The molecule has 0 bridgehead atoms. The highest BCUT2D eigenvalue weighted by molar-refractivity contribution is 6.34. The Kier molecular flexibility index (Phi) is 4.35. The van der Waals surface area contributed by atoms with Gasteiger partial charge in [0, 0.05) is 12.7 Å². The minimum atomic E-state index is 0.0107. The molecule has 1 heterocycles. The van der Waals surface area contributed by atoms with Crippen molar-refractivity contribution in [1.29, 1.82) is 5.26 Å². The van der Waals surface area contributed by atoms with E-state index in [1.54, 1.807) is 6.07 Å². The van der Waals surface area contributed by atoms with E-state index in [-0.39, 0.29) is 6.61 Å². The summed E-state index contributed by atoms with van der Waals surface area (Å²) in [4.78, 5) is 4.10. The van der Waals surface area contributed by atoms with Crippen molar-refractivity contribution in [3.8, 4) is 6.07 Å². The summed E-state index contributed by atoms with van der Waals surface area (Å²) in [6.45, 7) is 0.534. The zero-order valence-electron chi connectivity index (χ0n) is 10.1. The number of aliphatic hydroxyl groups is 1. The lowest BCUT2D eigenvalue weighted by molar-refractivity contribution is 0.281. The minimum Gasteiger partial charge on any atom is -0.392 e. The van der Waals surface area contributed by atoms with Gasteiger partial charge >= 0.3 is 0 Å². The number of aliphatic hydroxyl groups excluding tert-OH is 1. The Bertz CT molecular complexity index is 622. The number of hydrogen-bond acceptors (Lipinski definition) is 4. The molecule has 2 rings (SSSR count). The molecule has 1 aromatic heterocycles. The van der Waals surface area contributed by atoms with Crippen molar-refractivity contribution in [2.45, 2.75) is 13.2 Å². The Hall–Kier alpha value is -2.09. The smallest absolute Gasteiger partial charge is 0.146 e. The molecule has 0 aliphatic carbocycles. The standard InChI is InChI=1S/C14H12ClN3O/c15-13-12(7-16)4-5-17-14(13)18-8-10-2-1-3-11(6-10)9-19/h1-6,19H,8-9H2,(H,17,18). The van der Waals surface area contributed by atoms with E-state index in [1.807, 2.05) is 30.3 Å². The molecule has 0 aliphatic rings. The van der Waals surface area contributed by atoms with Crippen LogP contribution in [0.2, 0.25) is 5.02 Å². The summed E-state index contributed by atoms with van der Waals surface area (Å²) in [6.07, 6.45) is 1.54. The summed E-state index contributed by atoms with van der Waals surface area (Å²) in [6, 6.07) is 11.1. The SMILES string of the molecule is N#Cc1ccnc(NCc2cccc(CO)c2)c1Cl. The lowest BCUT2D eigenvalue weighted by atomic mass is 10.1. The van der Waals surface area contributed by atoms with Crippen molar-refractivity contribution >= 4 is 17.4 Å². The van der Waals surface area contributed by atoms with Gasteiger partial charge in [-0.25, -0.2) is 4.98 Å². The summed E-state index contributed by atoms with van der Waals surface area (Å²) < 4.78 is 0. The summed E-state index contributed by atoms with van der Waals surface area (Å²) in [7, 11) is 0. The van der Waals surface area contributed by atoms with Gasteiger partial charge in [-0.1, -0.05) is 35.9 Å². The number of hydrogen-bond donors (Lipinski definition) is 2. The van der Waals surface area contributed by atoms with Crippen molar-refractivity contribution < 1.29 is 5.11 Å². The summed E-state index contributed by atoms with van der Waals surface area (Å²) in [5.74, 6) is 0.482. The number of benzene rings is 1. The average molecular weight is 274 g/mol. The van der Waals surface area contributed by atoms with E-state index >= 15 is 0 Å². The van der Waals surface area contributed by atoms with Crippen LogP contribution >= 0.6 is 11.6 Å². The fourth-order valence-corrected chi connectivity index (χ4v) is 1.90. The quantitative estimate of drug-likeness (QED) is 0.899. The zero-order chi connectivity index (χ0) is 13.7. The Balaban J connectivity index is 2.12. The largest absolute Gasteiger partial charge is 0.392 e. The van der Waals surface area contributed by atoms with Gasteiger partial charge in [0.05, 0.1) is 12.2 Å². The summed E-state index contributed by atoms with van der Waals surface area (Å²) in [5.41, 5.74) is 2.25. The van der Waals surface area contributed by atoms with Crippen molar-refractivity contribution in [3.05, 3.63) is 58.2 Å². The minimum absolute atomic E-state index is 0.0107.